The molecule has 0 aliphatic rings. The summed E-state index contributed by atoms with van der Waals surface area (Å²) in [4.78, 5) is 16.8. The van der Waals surface area contributed by atoms with E-state index >= 15 is 0 Å². The van der Waals surface area contributed by atoms with Gasteiger partial charge in [0.25, 0.3) is 5.56 Å². The summed E-state index contributed by atoms with van der Waals surface area (Å²) in [6, 6.07) is 13.5. The number of methoxy groups -OCH3 is 1. The molecular formula is C23H21ClN2O4. The van der Waals surface area contributed by atoms with Crippen molar-refractivity contribution in [3.05, 3.63) is 81.5 Å². The molecule has 1 aromatic heterocycles. The van der Waals surface area contributed by atoms with Gasteiger partial charge in [-0.05, 0) is 56.2 Å². The van der Waals surface area contributed by atoms with Crippen LogP contribution >= 0.6 is 11.6 Å². The minimum atomic E-state index is -0.979. The first kappa shape index (κ1) is 21.4. The molecule has 7 heteroatoms. The molecule has 0 amide bonds. The van der Waals surface area contributed by atoms with Crippen molar-refractivity contribution in [3.8, 4) is 29.0 Å². The Morgan fingerprint density at radius 1 is 1.10 bits per heavy atom. The molecule has 2 aromatic carbocycles. The standard InChI is InChI=1S/C23H21ClN2O4/c1-23(2,28)14-30-20-11-10-19(13-21(20)29-3)26-15-25-18(12-22(26)27)9-6-16-4-7-17(24)8-5-16/h4-5,7-8,10-13,15,28H,14H2,1-3H3. The number of hydrogen-bond donors (Lipinski definition) is 1. The highest BCUT2D eigenvalue weighted by Crippen LogP contribution is 2.29. The van der Waals surface area contributed by atoms with E-state index < -0.39 is 5.60 Å². The summed E-state index contributed by atoms with van der Waals surface area (Å²) in [5.41, 5.74) is 0.447. The van der Waals surface area contributed by atoms with E-state index in [2.05, 4.69) is 16.8 Å². The van der Waals surface area contributed by atoms with Gasteiger partial charge in [0, 0.05) is 22.7 Å². The number of ether oxygens (including phenoxy) is 2. The Balaban J connectivity index is 1.84. The number of halogens is 1. The van der Waals surface area contributed by atoms with Crippen LogP contribution < -0.4 is 15.0 Å². The summed E-state index contributed by atoms with van der Waals surface area (Å²) in [5.74, 6) is 6.73. The third-order valence-corrected chi connectivity index (χ3v) is 4.25. The molecule has 154 valence electrons. The van der Waals surface area contributed by atoms with Crippen molar-refractivity contribution >= 4 is 11.6 Å². The first-order valence-corrected chi connectivity index (χ1v) is 9.53. The number of benzene rings is 2. The number of rotatable bonds is 5. The molecule has 3 aromatic rings. The summed E-state index contributed by atoms with van der Waals surface area (Å²) in [7, 11) is 1.51. The second kappa shape index (κ2) is 9.04. The molecule has 1 heterocycles. The van der Waals surface area contributed by atoms with Crippen LogP contribution in [0.3, 0.4) is 0 Å². The number of aromatic nitrogens is 2. The minimum absolute atomic E-state index is 0.102. The number of aliphatic hydroxyl groups is 1. The lowest BCUT2D eigenvalue weighted by atomic mass is 10.2. The zero-order valence-electron chi connectivity index (χ0n) is 16.8. The summed E-state index contributed by atoms with van der Waals surface area (Å²) >= 11 is 5.86. The van der Waals surface area contributed by atoms with Gasteiger partial charge in [-0.25, -0.2) is 4.98 Å². The second-order valence-electron chi connectivity index (χ2n) is 7.18. The average molecular weight is 425 g/mol. The van der Waals surface area contributed by atoms with Crippen LogP contribution in [0.2, 0.25) is 5.02 Å². The summed E-state index contributed by atoms with van der Waals surface area (Å²) in [5, 5.41) is 10.5. The fourth-order valence-electron chi connectivity index (χ4n) is 2.51. The monoisotopic (exact) mass is 424 g/mol. The van der Waals surface area contributed by atoms with Crippen LogP contribution in [-0.4, -0.2) is 34.0 Å². The topological polar surface area (TPSA) is 73.6 Å². The maximum atomic E-state index is 12.6. The Labute approximate surface area is 179 Å². The molecule has 0 aliphatic heterocycles. The fourth-order valence-corrected chi connectivity index (χ4v) is 2.64. The van der Waals surface area contributed by atoms with Crippen LogP contribution in [0.25, 0.3) is 5.69 Å². The molecule has 0 unspecified atom stereocenters. The highest BCUT2D eigenvalue weighted by molar-refractivity contribution is 6.30. The van der Waals surface area contributed by atoms with Gasteiger partial charge >= 0.3 is 0 Å². The van der Waals surface area contributed by atoms with E-state index in [-0.39, 0.29) is 12.2 Å². The SMILES string of the molecule is COc1cc(-n2cnc(C#Cc3ccc(Cl)cc3)cc2=O)ccc1OCC(C)(C)O. The van der Waals surface area contributed by atoms with Crippen molar-refractivity contribution in [2.45, 2.75) is 19.4 Å². The van der Waals surface area contributed by atoms with Gasteiger partial charge in [0.1, 0.15) is 18.6 Å². The Morgan fingerprint density at radius 2 is 1.83 bits per heavy atom. The Morgan fingerprint density at radius 3 is 2.47 bits per heavy atom. The molecule has 0 aliphatic carbocycles. The van der Waals surface area contributed by atoms with Crippen LogP contribution in [-0.2, 0) is 0 Å². The van der Waals surface area contributed by atoms with E-state index in [1.54, 1.807) is 56.3 Å². The van der Waals surface area contributed by atoms with Crippen LogP contribution in [0.5, 0.6) is 11.5 Å². The van der Waals surface area contributed by atoms with Crippen molar-refractivity contribution in [2.24, 2.45) is 0 Å². The van der Waals surface area contributed by atoms with Crippen molar-refractivity contribution in [1.82, 2.24) is 9.55 Å². The highest BCUT2D eigenvalue weighted by Gasteiger charge is 2.16. The van der Waals surface area contributed by atoms with Crippen LogP contribution in [0.4, 0.5) is 0 Å². The lowest BCUT2D eigenvalue weighted by Crippen LogP contribution is -2.28. The van der Waals surface area contributed by atoms with Crippen LogP contribution in [0.1, 0.15) is 25.1 Å². The Bertz CT molecular complexity index is 1150. The third kappa shape index (κ3) is 5.63. The Kier molecular flexibility index (Phi) is 6.46. The van der Waals surface area contributed by atoms with Crippen LogP contribution in [0.15, 0.2) is 59.7 Å². The molecule has 0 saturated carbocycles. The number of hydrogen-bond acceptors (Lipinski definition) is 5. The lowest BCUT2D eigenvalue weighted by molar-refractivity contribution is 0.0276. The zero-order valence-corrected chi connectivity index (χ0v) is 17.6. The smallest absolute Gasteiger partial charge is 0.259 e. The molecule has 3 rings (SSSR count). The van der Waals surface area contributed by atoms with Crippen molar-refractivity contribution in [2.75, 3.05) is 13.7 Å². The normalized spacial score (nSPS) is 10.8. The molecule has 0 saturated heterocycles. The molecular weight excluding hydrogens is 404 g/mol. The molecule has 30 heavy (non-hydrogen) atoms. The van der Waals surface area contributed by atoms with Gasteiger partial charge in [-0.15, -0.1) is 0 Å². The molecule has 0 fully saturated rings. The molecule has 0 radical (unpaired) electrons. The zero-order chi connectivity index (χ0) is 21.7. The highest BCUT2D eigenvalue weighted by atomic mass is 35.5. The first-order valence-electron chi connectivity index (χ1n) is 9.15. The summed E-state index contributed by atoms with van der Waals surface area (Å²) in [6.45, 7) is 3.40. The predicted octanol–water partition coefficient (Wildman–Crippen LogP) is 3.44. The van der Waals surface area contributed by atoms with Crippen molar-refractivity contribution < 1.29 is 14.6 Å². The largest absolute Gasteiger partial charge is 0.493 e. The van der Waals surface area contributed by atoms with Gasteiger partial charge in [0.15, 0.2) is 11.5 Å². The maximum absolute atomic E-state index is 12.6. The molecule has 0 atom stereocenters. The summed E-state index contributed by atoms with van der Waals surface area (Å²) in [6.07, 6.45) is 1.42. The quantitative estimate of drug-likeness (QED) is 0.635. The van der Waals surface area contributed by atoms with Crippen molar-refractivity contribution in [3.63, 3.8) is 0 Å². The van der Waals surface area contributed by atoms with Gasteiger partial charge in [-0.2, -0.15) is 0 Å². The van der Waals surface area contributed by atoms with Gasteiger partial charge in [-0.3, -0.25) is 9.36 Å². The van der Waals surface area contributed by atoms with Gasteiger partial charge in [0.2, 0.25) is 0 Å². The first-order chi connectivity index (χ1) is 14.2. The minimum Gasteiger partial charge on any atom is -0.493 e. The van der Waals surface area contributed by atoms with Gasteiger partial charge < -0.3 is 14.6 Å². The maximum Gasteiger partial charge on any atom is 0.259 e. The average Bonchev–Trinajstić information content (AvgIpc) is 2.71. The van der Waals surface area contributed by atoms with E-state index in [4.69, 9.17) is 21.1 Å². The van der Waals surface area contributed by atoms with E-state index in [9.17, 15) is 9.90 Å². The second-order valence-corrected chi connectivity index (χ2v) is 7.61. The van der Waals surface area contributed by atoms with E-state index in [1.807, 2.05) is 0 Å². The molecule has 0 bridgehead atoms. The van der Waals surface area contributed by atoms with Crippen molar-refractivity contribution in [1.29, 1.82) is 0 Å². The molecule has 0 spiro atoms. The number of nitrogens with zero attached hydrogens (tertiary/aromatic N) is 2. The third-order valence-electron chi connectivity index (χ3n) is 4.00. The summed E-state index contributed by atoms with van der Waals surface area (Å²) < 4.78 is 12.4. The Hall–Kier alpha value is -3.27. The fraction of sp³-hybridized carbons (Fsp3) is 0.217. The van der Waals surface area contributed by atoms with Crippen LogP contribution in [0, 0.1) is 11.8 Å². The van der Waals surface area contributed by atoms with Gasteiger partial charge in [-0.1, -0.05) is 17.5 Å². The van der Waals surface area contributed by atoms with E-state index in [0.29, 0.717) is 27.9 Å². The lowest BCUT2D eigenvalue weighted by Gasteiger charge is -2.19. The molecule has 6 nitrogen and oxygen atoms in total. The predicted molar refractivity (Wildman–Crippen MR) is 116 cm³/mol. The van der Waals surface area contributed by atoms with E-state index in [1.165, 1.54) is 24.1 Å². The van der Waals surface area contributed by atoms with Gasteiger partial charge in [0.05, 0.1) is 18.4 Å². The molecule has 1 N–H and O–H groups in total. The van der Waals surface area contributed by atoms with E-state index in [0.717, 1.165) is 5.56 Å².